The quantitative estimate of drug-likeness (QED) is 0.461. The fraction of sp³-hybridized carbons (Fsp3) is 0.700. The molecule has 1 saturated heterocycles. The number of carbonyl (C=O) groups is 2. The van der Waals surface area contributed by atoms with E-state index < -0.39 is 11.9 Å². The van der Waals surface area contributed by atoms with Crippen LogP contribution < -0.4 is 0 Å². The van der Waals surface area contributed by atoms with E-state index in [2.05, 4.69) is 10.8 Å². The number of nitriles is 1. The predicted octanol–water partition coefficient (Wildman–Crippen LogP) is 0.312. The summed E-state index contributed by atoms with van der Waals surface area (Å²) in [5.74, 6) is -1.38. The molecule has 0 spiro atoms. The van der Waals surface area contributed by atoms with Crippen LogP contribution in [0.3, 0.4) is 0 Å². The van der Waals surface area contributed by atoms with E-state index in [-0.39, 0.29) is 12.5 Å². The number of rotatable bonds is 1. The van der Waals surface area contributed by atoms with Crippen molar-refractivity contribution < 1.29 is 14.3 Å². The zero-order valence-corrected chi connectivity index (χ0v) is 8.73. The van der Waals surface area contributed by atoms with Crippen molar-refractivity contribution >= 4 is 11.9 Å². The van der Waals surface area contributed by atoms with Crippen LogP contribution in [0.5, 0.6) is 0 Å². The van der Waals surface area contributed by atoms with Gasteiger partial charge in [0.1, 0.15) is 0 Å². The van der Waals surface area contributed by atoms with Crippen molar-refractivity contribution in [3.05, 3.63) is 0 Å². The van der Waals surface area contributed by atoms with Crippen molar-refractivity contribution in [2.75, 3.05) is 19.7 Å². The Morgan fingerprint density at radius 1 is 1.47 bits per heavy atom. The SMILES string of the molecule is CCOC(=O)C(=O)N1CCC(C#N)CC1. The first-order valence-corrected chi connectivity index (χ1v) is 5.04. The lowest BCUT2D eigenvalue weighted by Gasteiger charge is -2.28. The summed E-state index contributed by atoms with van der Waals surface area (Å²) in [6.07, 6.45) is 1.28. The Morgan fingerprint density at radius 2 is 2.07 bits per heavy atom. The van der Waals surface area contributed by atoms with E-state index in [9.17, 15) is 9.59 Å². The average Bonchev–Trinajstić information content (AvgIpc) is 2.28. The van der Waals surface area contributed by atoms with Crippen molar-refractivity contribution in [1.29, 1.82) is 5.26 Å². The number of nitrogens with zero attached hydrogens (tertiary/aromatic N) is 2. The molecule has 1 aliphatic rings. The number of likely N-dealkylation sites (tertiary alicyclic amines) is 1. The van der Waals surface area contributed by atoms with Crippen LogP contribution >= 0.6 is 0 Å². The standard InChI is InChI=1S/C10H14N2O3/c1-2-15-10(14)9(13)12-5-3-8(7-11)4-6-12/h8H,2-6H2,1H3. The summed E-state index contributed by atoms with van der Waals surface area (Å²) in [6.45, 7) is 2.80. The Bertz CT molecular complexity index is 288. The molecule has 0 atom stereocenters. The zero-order chi connectivity index (χ0) is 11.3. The minimum absolute atomic E-state index is 0.0104. The fourth-order valence-electron chi connectivity index (χ4n) is 1.53. The molecule has 1 heterocycles. The summed E-state index contributed by atoms with van der Waals surface area (Å²) >= 11 is 0. The smallest absolute Gasteiger partial charge is 0.397 e. The lowest BCUT2D eigenvalue weighted by atomic mass is 9.99. The molecule has 1 rings (SSSR count). The van der Waals surface area contributed by atoms with Crippen molar-refractivity contribution in [2.45, 2.75) is 19.8 Å². The van der Waals surface area contributed by atoms with E-state index in [0.29, 0.717) is 25.9 Å². The summed E-state index contributed by atoms with van der Waals surface area (Å²) in [7, 11) is 0. The van der Waals surface area contributed by atoms with Crippen LogP contribution in [-0.2, 0) is 14.3 Å². The number of piperidine rings is 1. The van der Waals surface area contributed by atoms with E-state index in [1.54, 1.807) is 6.92 Å². The van der Waals surface area contributed by atoms with Gasteiger partial charge >= 0.3 is 11.9 Å². The third kappa shape index (κ3) is 2.94. The molecule has 1 fully saturated rings. The molecule has 0 radical (unpaired) electrons. The number of esters is 1. The summed E-state index contributed by atoms with van der Waals surface area (Å²) < 4.78 is 4.61. The minimum atomic E-state index is -0.798. The Morgan fingerprint density at radius 3 is 2.53 bits per heavy atom. The van der Waals surface area contributed by atoms with E-state index in [0.717, 1.165) is 0 Å². The monoisotopic (exact) mass is 210 g/mol. The summed E-state index contributed by atoms with van der Waals surface area (Å²) in [4.78, 5) is 24.0. The Kier molecular flexibility index (Phi) is 4.10. The van der Waals surface area contributed by atoms with Crippen molar-refractivity contribution in [3.8, 4) is 6.07 Å². The molecule has 0 aromatic rings. The van der Waals surface area contributed by atoms with Crippen molar-refractivity contribution in [2.24, 2.45) is 5.92 Å². The van der Waals surface area contributed by atoms with Gasteiger partial charge in [-0.3, -0.25) is 4.79 Å². The van der Waals surface area contributed by atoms with Crippen LogP contribution in [0, 0.1) is 17.2 Å². The maximum Gasteiger partial charge on any atom is 0.397 e. The highest BCUT2D eigenvalue weighted by Gasteiger charge is 2.27. The first-order chi connectivity index (χ1) is 7.19. The van der Waals surface area contributed by atoms with Gasteiger partial charge in [-0.1, -0.05) is 0 Å². The predicted molar refractivity (Wildman–Crippen MR) is 51.6 cm³/mol. The molecule has 0 N–H and O–H groups in total. The maximum absolute atomic E-state index is 11.5. The second-order valence-corrected chi connectivity index (χ2v) is 3.42. The molecule has 0 aliphatic carbocycles. The zero-order valence-electron chi connectivity index (χ0n) is 8.73. The van der Waals surface area contributed by atoms with Gasteiger partial charge in [-0.15, -0.1) is 0 Å². The molecule has 5 heteroatoms. The topological polar surface area (TPSA) is 70.4 Å². The highest BCUT2D eigenvalue weighted by molar-refractivity contribution is 6.32. The number of carbonyl (C=O) groups excluding carboxylic acids is 2. The molecule has 1 aliphatic heterocycles. The Hall–Kier alpha value is -1.57. The third-order valence-electron chi connectivity index (χ3n) is 2.41. The summed E-state index contributed by atoms with van der Waals surface area (Å²) in [6, 6.07) is 2.16. The van der Waals surface area contributed by atoms with Crippen molar-refractivity contribution in [3.63, 3.8) is 0 Å². The number of amides is 1. The Balaban J connectivity index is 2.43. The first-order valence-electron chi connectivity index (χ1n) is 5.04. The van der Waals surface area contributed by atoms with E-state index >= 15 is 0 Å². The van der Waals surface area contributed by atoms with Crippen LogP contribution in [0.25, 0.3) is 0 Å². The molecule has 0 aromatic heterocycles. The number of hydrogen-bond donors (Lipinski definition) is 0. The molecular formula is C10H14N2O3. The van der Waals surface area contributed by atoms with E-state index in [4.69, 9.17) is 5.26 Å². The van der Waals surface area contributed by atoms with Crippen LogP contribution in [0.4, 0.5) is 0 Å². The van der Waals surface area contributed by atoms with E-state index in [1.165, 1.54) is 4.90 Å². The molecule has 15 heavy (non-hydrogen) atoms. The van der Waals surface area contributed by atoms with Crippen LogP contribution in [0.15, 0.2) is 0 Å². The van der Waals surface area contributed by atoms with E-state index in [1.807, 2.05) is 0 Å². The maximum atomic E-state index is 11.5. The molecule has 0 aromatic carbocycles. The van der Waals surface area contributed by atoms with Crippen LogP contribution in [-0.4, -0.2) is 36.5 Å². The minimum Gasteiger partial charge on any atom is -0.459 e. The normalized spacial score (nSPS) is 16.9. The molecular weight excluding hydrogens is 196 g/mol. The van der Waals surface area contributed by atoms with Crippen molar-refractivity contribution in [1.82, 2.24) is 4.90 Å². The average molecular weight is 210 g/mol. The third-order valence-corrected chi connectivity index (χ3v) is 2.41. The highest BCUT2D eigenvalue weighted by atomic mass is 16.5. The lowest BCUT2D eigenvalue weighted by molar-refractivity contribution is -0.160. The van der Waals surface area contributed by atoms with Gasteiger partial charge in [0.25, 0.3) is 0 Å². The highest BCUT2D eigenvalue weighted by Crippen LogP contribution is 2.16. The fourth-order valence-corrected chi connectivity index (χ4v) is 1.53. The molecule has 1 amide bonds. The van der Waals surface area contributed by atoms with Crippen LogP contribution in [0.1, 0.15) is 19.8 Å². The Labute approximate surface area is 88.6 Å². The van der Waals surface area contributed by atoms with Gasteiger partial charge in [0.2, 0.25) is 0 Å². The second kappa shape index (κ2) is 5.35. The van der Waals surface area contributed by atoms with Gasteiger partial charge in [-0.05, 0) is 19.8 Å². The molecule has 0 saturated carbocycles. The summed E-state index contributed by atoms with van der Waals surface area (Å²) in [5.41, 5.74) is 0. The van der Waals surface area contributed by atoms with Gasteiger partial charge in [-0.2, -0.15) is 5.26 Å². The molecule has 0 bridgehead atoms. The largest absolute Gasteiger partial charge is 0.459 e. The van der Waals surface area contributed by atoms with Gasteiger partial charge in [0, 0.05) is 19.0 Å². The van der Waals surface area contributed by atoms with Crippen LogP contribution in [0.2, 0.25) is 0 Å². The molecule has 82 valence electrons. The van der Waals surface area contributed by atoms with Gasteiger partial charge in [-0.25, -0.2) is 4.79 Å². The number of ether oxygens (including phenoxy) is 1. The van der Waals surface area contributed by atoms with Gasteiger partial charge in [0.05, 0.1) is 12.7 Å². The first kappa shape index (κ1) is 11.5. The summed E-state index contributed by atoms with van der Waals surface area (Å²) in [5, 5.41) is 8.66. The molecule has 0 unspecified atom stereocenters. The molecule has 5 nitrogen and oxygen atoms in total. The lowest BCUT2D eigenvalue weighted by Crippen LogP contribution is -2.42. The second-order valence-electron chi connectivity index (χ2n) is 3.42. The van der Waals surface area contributed by atoms with Gasteiger partial charge < -0.3 is 9.64 Å². The van der Waals surface area contributed by atoms with Gasteiger partial charge in [0.15, 0.2) is 0 Å². The number of hydrogen-bond acceptors (Lipinski definition) is 4.